The number of esters is 4. The summed E-state index contributed by atoms with van der Waals surface area (Å²) in [4.78, 5) is 73.1. The van der Waals surface area contributed by atoms with E-state index in [1.54, 1.807) is 0 Å². The molecule has 0 saturated heterocycles. The van der Waals surface area contributed by atoms with Gasteiger partial charge in [0.1, 0.15) is 19.3 Å². The number of aliphatic hydroxyl groups is 1. The van der Waals surface area contributed by atoms with Crippen LogP contribution in [0.2, 0.25) is 0 Å². The van der Waals surface area contributed by atoms with Gasteiger partial charge >= 0.3 is 39.5 Å². The van der Waals surface area contributed by atoms with E-state index < -0.39 is 97.5 Å². The predicted molar refractivity (Wildman–Crippen MR) is 418 cm³/mol. The second-order valence-corrected chi connectivity index (χ2v) is 33.3. The molecule has 0 fully saturated rings. The van der Waals surface area contributed by atoms with E-state index in [1.807, 2.05) is 0 Å². The van der Waals surface area contributed by atoms with Crippen LogP contribution in [0.1, 0.15) is 446 Å². The average molecular weight is 1490 g/mol. The van der Waals surface area contributed by atoms with Gasteiger partial charge in [-0.1, -0.05) is 394 Å². The lowest BCUT2D eigenvalue weighted by atomic mass is 10.0. The fraction of sp³-hybridized carbons (Fsp3) is 0.952. The summed E-state index contributed by atoms with van der Waals surface area (Å²) >= 11 is 0. The molecule has 0 aromatic heterocycles. The summed E-state index contributed by atoms with van der Waals surface area (Å²) in [5.74, 6) is -1.35. The number of carbonyl (C=O) groups is 4. The van der Waals surface area contributed by atoms with Crippen LogP contribution in [0, 0.1) is 5.92 Å². The lowest BCUT2D eigenvalue weighted by Gasteiger charge is -2.21. The molecule has 19 heteroatoms. The first-order chi connectivity index (χ1) is 49.5. The van der Waals surface area contributed by atoms with Gasteiger partial charge in [0, 0.05) is 25.7 Å². The van der Waals surface area contributed by atoms with Gasteiger partial charge in [-0.25, -0.2) is 9.13 Å². The molecule has 3 N–H and O–H groups in total. The van der Waals surface area contributed by atoms with Gasteiger partial charge in [-0.05, 0) is 31.6 Å². The summed E-state index contributed by atoms with van der Waals surface area (Å²) in [6.45, 7) is 7.33. The number of rotatable bonds is 83. The number of unbranched alkanes of at least 4 members (excludes halogenated alkanes) is 55. The van der Waals surface area contributed by atoms with Gasteiger partial charge in [0.25, 0.3) is 0 Å². The Morgan fingerprint density at radius 1 is 0.265 bits per heavy atom. The molecule has 0 aliphatic heterocycles. The molecule has 0 aliphatic rings. The van der Waals surface area contributed by atoms with E-state index in [0.29, 0.717) is 25.7 Å². The molecule has 17 nitrogen and oxygen atoms in total. The number of phosphoric ester groups is 2. The summed E-state index contributed by atoms with van der Waals surface area (Å²) < 4.78 is 68.8. The number of hydrogen-bond donors (Lipinski definition) is 3. The molecule has 0 radical (unpaired) electrons. The Hall–Kier alpha value is -1.94. The number of ether oxygens (including phenoxy) is 4. The van der Waals surface area contributed by atoms with Crippen LogP contribution in [-0.4, -0.2) is 96.7 Å². The first-order valence-electron chi connectivity index (χ1n) is 43.1. The van der Waals surface area contributed by atoms with E-state index in [2.05, 4.69) is 34.6 Å². The molecule has 0 heterocycles. The van der Waals surface area contributed by atoms with Crippen molar-refractivity contribution in [2.75, 3.05) is 39.6 Å². The van der Waals surface area contributed by atoms with Crippen molar-refractivity contribution >= 4 is 39.5 Å². The highest BCUT2D eigenvalue weighted by Crippen LogP contribution is 2.45. The highest BCUT2D eigenvalue weighted by molar-refractivity contribution is 7.47. The first kappa shape index (κ1) is 100. The Kier molecular flexibility index (Phi) is 74.4. The van der Waals surface area contributed by atoms with Crippen LogP contribution < -0.4 is 0 Å². The van der Waals surface area contributed by atoms with Crippen molar-refractivity contribution in [1.29, 1.82) is 0 Å². The molecule has 0 saturated carbocycles. The molecule has 2 unspecified atom stereocenters. The van der Waals surface area contributed by atoms with Crippen LogP contribution in [0.3, 0.4) is 0 Å². The smallest absolute Gasteiger partial charge is 0.462 e. The predicted octanol–water partition coefficient (Wildman–Crippen LogP) is 25.2. The molecule has 0 spiro atoms. The Bertz CT molecular complexity index is 1940. The van der Waals surface area contributed by atoms with Crippen LogP contribution in [-0.2, 0) is 65.4 Å². The molecule has 0 amide bonds. The summed E-state index contributed by atoms with van der Waals surface area (Å²) in [5.41, 5.74) is 0. The highest BCUT2D eigenvalue weighted by atomic mass is 31.2. The van der Waals surface area contributed by atoms with Crippen molar-refractivity contribution in [2.24, 2.45) is 5.92 Å². The topological polar surface area (TPSA) is 237 Å². The van der Waals surface area contributed by atoms with Gasteiger partial charge in [0.15, 0.2) is 12.2 Å². The minimum Gasteiger partial charge on any atom is -0.462 e. The molecular formula is C83H162O17P2. The third-order valence-electron chi connectivity index (χ3n) is 19.5. The third kappa shape index (κ3) is 76.3. The molecule has 5 atom stereocenters. The monoisotopic (exact) mass is 1490 g/mol. The Morgan fingerprint density at radius 2 is 0.451 bits per heavy atom. The van der Waals surface area contributed by atoms with E-state index >= 15 is 0 Å². The number of aliphatic hydroxyl groups excluding tert-OH is 1. The molecule has 606 valence electrons. The molecule has 0 aromatic rings. The fourth-order valence-corrected chi connectivity index (χ4v) is 14.5. The van der Waals surface area contributed by atoms with Gasteiger partial charge in [0.05, 0.1) is 26.4 Å². The average Bonchev–Trinajstić information content (AvgIpc) is 0.922. The van der Waals surface area contributed by atoms with Gasteiger partial charge in [-0.3, -0.25) is 37.3 Å². The van der Waals surface area contributed by atoms with E-state index in [-0.39, 0.29) is 25.7 Å². The lowest BCUT2D eigenvalue weighted by molar-refractivity contribution is -0.161. The quantitative estimate of drug-likeness (QED) is 0.0222. The van der Waals surface area contributed by atoms with Crippen LogP contribution in [0.15, 0.2) is 0 Å². The van der Waals surface area contributed by atoms with Crippen molar-refractivity contribution < 1.29 is 80.2 Å². The Labute approximate surface area is 626 Å². The van der Waals surface area contributed by atoms with E-state index in [0.717, 1.165) is 95.8 Å². The normalized spacial score (nSPS) is 13.8. The Morgan fingerprint density at radius 3 is 0.667 bits per heavy atom. The maximum absolute atomic E-state index is 13.1. The third-order valence-corrected chi connectivity index (χ3v) is 21.4. The minimum atomic E-state index is -4.96. The minimum absolute atomic E-state index is 0.107. The van der Waals surface area contributed by atoms with Crippen molar-refractivity contribution in [3.05, 3.63) is 0 Å². The van der Waals surface area contributed by atoms with Crippen molar-refractivity contribution in [1.82, 2.24) is 0 Å². The largest absolute Gasteiger partial charge is 0.472 e. The number of phosphoric acid groups is 2. The van der Waals surface area contributed by atoms with E-state index in [9.17, 15) is 43.2 Å². The number of hydrogen-bond acceptors (Lipinski definition) is 15. The van der Waals surface area contributed by atoms with Gasteiger partial charge in [0.2, 0.25) is 0 Å². The second kappa shape index (κ2) is 75.9. The highest BCUT2D eigenvalue weighted by Gasteiger charge is 2.30. The van der Waals surface area contributed by atoms with Crippen LogP contribution in [0.4, 0.5) is 0 Å². The fourth-order valence-electron chi connectivity index (χ4n) is 12.9. The summed E-state index contributed by atoms with van der Waals surface area (Å²) in [5, 5.41) is 10.7. The summed E-state index contributed by atoms with van der Waals surface area (Å²) in [7, 11) is -9.92. The molecule has 0 rings (SSSR count). The van der Waals surface area contributed by atoms with Crippen LogP contribution >= 0.6 is 15.6 Å². The van der Waals surface area contributed by atoms with Crippen LogP contribution in [0.25, 0.3) is 0 Å². The first-order valence-corrected chi connectivity index (χ1v) is 46.1. The van der Waals surface area contributed by atoms with Crippen molar-refractivity contribution in [3.8, 4) is 0 Å². The van der Waals surface area contributed by atoms with E-state index in [1.165, 1.54) is 270 Å². The second-order valence-electron chi connectivity index (χ2n) is 30.3. The summed E-state index contributed by atoms with van der Waals surface area (Å²) in [6.07, 6.45) is 68.0. The zero-order valence-corrected chi connectivity index (χ0v) is 68.5. The van der Waals surface area contributed by atoms with Gasteiger partial charge in [-0.15, -0.1) is 0 Å². The van der Waals surface area contributed by atoms with Crippen molar-refractivity contribution in [3.63, 3.8) is 0 Å². The standard InChI is InChI=1S/C83H162O17P2/c1-6-9-12-15-18-21-24-26-28-30-32-34-36-38-41-47-52-57-62-67-81(86)94-73-78(99-82(87)68-63-58-53-48-42-39-37-35-33-31-29-27-25-22-19-16-13-10-7-2)74-97-101(89,90)95-70-77(84)71-96-102(91,92)98-75-79(72-93-80(85)66-61-56-51-46-40-23-20-17-14-11-8-3)100-83(88)69-64-59-54-49-44-43-45-50-55-60-65-76(4)5/h76-79,84H,6-75H2,1-5H3,(H,89,90)(H,91,92)/t77-,78-,79-/m1/s1. The van der Waals surface area contributed by atoms with Gasteiger partial charge < -0.3 is 33.8 Å². The molecule has 0 aliphatic carbocycles. The SMILES string of the molecule is CCCCCCCCCCCCCCCCCCCCCC(=O)OC[C@H](COP(=O)(O)OC[C@@H](O)COP(=O)(O)OC[C@@H](COC(=O)CCCCCCCCCCCCC)OC(=O)CCCCCCCCCCCCC(C)C)OC(=O)CCCCCCCCCCCCCCCCCCCCC. The molecule has 102 heavy (non-hydrogen) atoms. The van der Waals surface area contributed by atoms with Crippen LogP contribution in [0.5, 0.6) is 0 Å². The summed E-state index contributed by atoms with van der Waals surface area (Å²) in [6, 6.07) is 0. The molecule has 0 bridgehead atoms. The maximum atomic E-state index is 13.1. The zero-order chi connectivity index (χ0) is 74.8. The lowest BCUT2D eigenvalue weighted by Crippen LogP contribution is -2.30. The molecular weight excluding hydrogens is 1330 g/mol. The zero-order valence-electron chi connectivity index (χ0n) is 66.8. The van der Waals surface area contributed by atoms with E-state index in [4.69, 9.17) is 37.0 Å². The molecule has 0 aromatic carbocycles. The maximum Gasteiger partial charge on any atom is 0.472 e. The Balaban J connectivity index is 5.23. The van der Waals surface area contributed by atoms with Crippen molar-refractivity contribution in [2.45, 2.75) is 464 Å². The number of carbonyl (C=O) groups excluding carboxylic acids is 4. The van der Waals surface area contributed by atoms with Gasteiger partial charge in [-0.2, -0.15) is 0 Å².